The van der Waals surface area contributed by atoms with Gasteiger partial charge in [0.2, 0.25) is 0 Å². The summed E-state index contributed by atoms with van der Waals surface area (Å²) in [7, 11) is 1.65. The van der Waals surface area contributed by atoms with Gasteiger partial charge in [-0.25, -0.2) is 0 Å². The maximum Gasteiger partial charge on any atom is 0.147 e. The van der Waals surface area contributed by atoms with Crippen molar-refractivity contribution in [3.8, 4) is 0 Å². The van der Waals surface area contributed by atoms with Gasteiger partial charge in [0, 0.05) is 6.42 Å². The molecule has 92 valence electrons. The lowest BCUT2D eigenvalue weighted by Gasteiger charge is -2.23. The summed E-state index contributed by atoms with van der Waals surface area (Å²) in [5, 5.41) is 0. The Balaban J connectivity index is 2.47. The van der Waals surface area contributed by atoms with Gasteiger partial charge in [-0.05, 0) is 36.5 Å². The topological polar surface area (TPSA) is 26.3 Å². The van der Waals surface area contributed by atoms with Gasteiger partial charge in [-0.3, -0.25) is 4.79 Å². The Morgan fingerprint density at radius 3 is 2.71 bits per heavy atom. The number of hydrogen-bond donors (Lipinski definition) is 0. The van der Waals surface area contributed by atoms with E-state index in [1.54, 1.807) is 7.11 Å². The number of allylic oxidation sites excluding steroid dienone is 5. The summed E-state index contributed by atoms with van der Waals surface area (Å²) in [6.07, 6.45) is 8.61. The summed E-state index contributed by atoms with van der Waals surface area (Å²) < 4.78 is 5.23. The summed E-state index contributed by atoms with van der Waals surface area (Å²) in [5.74, 6) is 2.00. The van der Waals surface area contributed by atoms with Crippen molar-refractivity contribution in [1.82, 2.24) is 0 Å². The summed E-state index contributed by atoms with van der Waals surface area (Å²) in [6.45, 7) is 6.38. The predicted octanol–water partition coefficient (Wildman–Crippen LogP) is 3.26. The number of rotatable bonds is 2. The van der Waals surface area contributed by atoms with E-state index >= 15 is 0 Å². The minimum Gasteiger partial charge on any atom is -0.497 e. The number of methoxy groups -OCH3 is 1. The number of carbonyl (C=O) groups is 1. The first kappa shape index (κ1) is 12.2. The molecule has 0 aromatic rings. The molecule has 2 atom stereocenters. The number of hydrogen-bond acceptors (Lipinski definition) is 2. The average molecular weight is 232 g/mol. The van der Waals surface area contributed by atoms with Crippen LogP contribution in [0.15, 0.2) is 35.6 Å². The molecular weight excluding hydrogens is 212 g/mol. The van der Waals surface area contributed by atoms with Crippen molar-refractivity contribution in [2.45, 2.75) is 27.2 Å². The van der Waals surface area contributed by atoms with E-state index in [4.69, 9.17) is 4.74 Å². The molecule has 1 fully saturated rings. The van der Waals surface area contributed by atoms with Gasteiger partial charge in [-0.1, -0.05) is 26.0 Å². The zero-order chi connectivity index (χ0) is 12.6. The molecule has 1 saturated carbocycles. The lowest BCUT2D eigenvalue weighted by Crippen LogP contribution is -2.21. The van der Waals surface area contributed by atoms with Gasteiger partial charge in [0.05, 0.1) is 12.5 Å². The third kappa shape index (κ3) is 1.86. The molecule has 2 aliphatic rings. The SMILES string of the molecule is COC1=CC=C2[C@H](C(C)C)CC(=O)[C@@]2(C)C=C1. The second kappa shape index (κ2) is 4.17. The molecule has 17 heavy (non-hydrogen) atoms. The molecule has 0 N–H and O–H groups in total. The van der Waals surface area contributed by atoms with Crippen LogP contribution in [0.5, 0.6) is 0 Å². The van der Waals surface area contributed by atoms with Gasteiger partial charge in [0.15, 0.2) is 0 Å². The van der Waals surface area contributed by atoms with Crippen LogP contribution >= 0.6 is 0 Å². The molecule has 0 amide bonds. The van der Waals surface area contributed by atoms with E-state index < -0.39 is 5.41 Å². The number of carbonyl (C=O) groups excluding carboxylic acids is 1. The van der Waals surface area contributed by atoms with E-state index in [2.05, 4.69) is 19.9 Å². The highest BCUT2D eigenvalue weighted by atomic mass is 16.5. The fraction of sp³-hybridized carbons (Fsp3) is 0.533. The lowest BCUT2D eigenvalue weighted by molar-refractivity contribution is -0.122. The first-order valence-corrected chi connectivity index (χ1v) is 6.18. The number of ketones is 1. The predicted molar refractivity (Wildman–Crippen MR) is 68.4 cm³/mol. The Hall–Kier alpha value is -1.31. The fourth-order valence-corrected chi connectivity index (χ4v) is 2.76. The van der Waals surface area contributed by atoms with Crippen molar-refractivity contribution in [3.63, 3.8) is 0 Å². The molecule has 2 rings (SSSR count). The van der Waals surface area contributed by atoms with Crippen LogP contribution in [0.1, 0.15) is 27.2 Å². The fourth-order valence-electron chi connectivity index (χ4n) is 2.76. The van der Waals surface area contributed by atoms with Crippen molar-refractivity contribution < 1.29 is 9.53 Å². The summed E-state index contributed by atoms with van der Waals surface area (Å²) in [4.78, 5) is 12.2. The smallest absolute Gasteiger partial charge is 0.147 e. The van der Waals surface area contributed by atoms with Crippen LogP contribution in [-0.4, -0.2) is 12.9 Å². The van der Waals surface area contributed by atoms with Crippen LogP contribution in [0.4, 0.5) is 0 Å². The highest BCUT2D eigenvalue weighted by molar-refractivity contribution is 5.93. The van der Waals surface area contributed by atoms with Crippen LogP contribution in [0.25, 0.3) is 0 Å². The quantitative estimate of drug-likeness (QED) is 0.730. The maximum atomic E-state index is 12.2. The molecule has 0 aromatic heterocycles. The molecule has 0 bridgehead atoms. The first-order chi connectivity index (χ1) is 7.99. The van der Waals surface area contributed by atoms with E-state index in [9.17, 15) is 4.79 Å². The van der Waals surface area contributed by atoms with Crippen molar-refractivity contribution in [2.24, 2.45) is 17.3 Å². The molecule has 0 saturated heterocycles. The number of Topliss-reactive ketones (excluding diaryl/α,β-unsaturated/α-hetero) is 1. The molecular formula is C15H20O2. The molecule has 0 spiro atoms. The van der Waals surface area contributed by atoms with Gasteiger partial charge >= 0.3 is 0 Å². The minimum absolute atomic E-state index is 0.324. The molecule has 2 aliphatic carbocycles. The molecule has 2 nitrogen and oxygen atoms in total. The number of ether oxygens (including phenoxy) is 1. The van der Waals surface area contributed by atoms with Crippen molar-refractivity contribution in [1.29, 1.82) is 0 Å². The molecule has 0 aliphatic heterocycles. The largest absolute Gasteiger partial charge is 0.497 e. The van der Waals surface area contributed by atoms with Crippen molar-refractivity contribution >= 4 is 5.78 Å². The van der Waals surface area contributed by atoms with Crippen molar-refractivity contribution in [2.75, 3.05) is 7.11 Å². The normalized spacial score (nSPS) is 32.1. The highest BCUT2D eigenvalue weighted by Crippen LogP contribution is 2.48. The Kier molecular flexibility index (Phi) is 2.98. The van der Waals surface area contributed by atoms with Crippen LogP contribution in [0.2, 0.25) is 0 Å². The Bertz CT molecular complexity index is 426. The minimum atomic E-state index is -0.425. The third-order valence-electron chi connectivity index (χ3n) is 4.03. The molecule has 0 aromatic carbocycles. The lowest BCUT2D eigenvalue weighted by atomic mass is 9.79. The van der Waals surface area contributed by atoms with E-state index in [-0.39, 0.29) is 0 Å². The second-order valence-corrected chi connectivity index (χ2v) is 5.41. The van der Waals surface area contributed by atoms with E-state index in [1.165, 1.54) is 5.57 Å². The third-order valence-corrected chi connectivity index (χ3v) is 4.03. The molecule has 0 heterocycles. The molecule has 0 radical (unpaired) electrons. The van der Waals surface area contributed by atoms with Crippen LogP contribution < -0.4 is 0 Å². The van der Waals surface area contributed by atoms with Gasteiger partial charge < -0.3 is 4.74 Å². The summed E-state index contributed by atoms with van der Waals surface area (Å²) in [6, 6.07) is 0. The molecule has 0 unspecified atom stereocenters. The second-order valence-electron chi connectivity index (χ2n) is 5.41. The van der Waals surface area contributed by atoms with E-state index in [1.807, 2.05) is 25.2 Å². The van der Waals surface area contributed by atoms with E-state index in [0.29, 0.717) is 24.0 Å². The summed E-state index contributed by atoms with van der Waals surface area (Å²) >= 11 is 0. The Labute approximate surface area is 103 Å². The van der Waals surface area contributed by atoms with Gasteiger partial charge in [0.1, 0.15) is 11.5 Å². The number of fused-ring (bicyclic) bond motifs is 1. The monoisotopic (exact) mass is 232 g/mol. The van der Waals surface area contributed by atoms with Crippen LogP contribution in [0.3, 0.4) is 0 Å². The van der Waals surface area contributed by atoms with Gasteiger partial charge in [-0.15, -0.1) is 0 Å². The Morgan fingerprint density at radius 1 is 1.41 bits per heavy atom. The zero-order valence-electron chi connectivity index (χ0n) is 11.0. The highest BCUT2D eigenvalue weighted by Gasteiger charge is 2.46. The standard InChI is InChI=1S/C15H20O2/c1-10(2)12-9-14(16)15(3)8-7-11(17-4)5-6-13(12)15/h5-8,10,12H,9H2,1-4H3/t12-,15-/m0/s1. The Morgan fingerprint density at radius 2 is 2.12 bits per heavy atom. The first-order valence-electron chi connectivity index (χ1n) is 6.18. The van der Waals surface area contributed by atoms with Gasteiger partial charge in [-0.2, -0.15) is 0 Å². The van der Waals surface area contributed by atoms with Crippen LogP contribution in [0, 0.1) is 17.3 Å². The van der Waals surface area contributed by atoms with Crippen LogP contribution in [-0.2, 0) is 9.53 Å². The zero-order valence-corrected chi connectivity index (χ0v) is 11.0. The summed E-state index contributed by atoms with van der Waals surface area (Å²) in [5.41, 5.74) is 0.812. The maximum absolute atomic E-state index is 12.2. The van der Waals surface area contributed by atoms with E-state index in [0.717, 1.165) is 5.76 Å². The van der Waals surface area contributed by atoms with Gasteiger partial charge in [0.25, 0.3) is 0 Å². The van der Waals surface area contributed by atoms with Crippen molar-refractivity contribution in [3.05, 3.63) is 35.6 Å². The average Bonchev–Trinajstić information content (AvgIpc) is 2.45. The molecule has 2 heteroatoms.